The van der Waals surface area contributed by atoms with E-state index in [1.807, 2.05) is 32.2 Å². The Morgan fingerprint density at radius 3 is 2.86 bits per heavy atom. The van der Waals surface area contributed by atoms with Gasteiger partial charge in [-0.3, -0.25) is 4.79 Å². The third kappa shape index (κ3) is 2.70. The molecule has 4 nitrogen and oxygen atoms in total. The van der Waals surface area contributed by atoms with Gasteiger partial charge in [0.2, 0.25) is 0 Å². The Morgan fingerprint density at radius 2 is 2.10 bits per heavy atom. The van der Waals surface area contributed by atoms with Crippen LogP contribution in [0.3, 0.4) is 0 Å². The first-order valence-electron chi connectivity index (χ1n) is 7.05. The molecule has 4 heteroatoms. The van der Waals surface area contributed by atoms with Gasteiger partial charge >= 0.3 is 0 Å². The molecule has 1 aromatic carbocycles. The number of furan rings is 1. The Kier molecular flexibility index (Phi) is 3.52. The number of nitrogens with one attached hydrogen (secondary N) is 2. The highest BCUT2D eigenvalue weighted by atomic mass is 16.3. The summed E-state index contributed by atoms with van der Waals surface area (Å²) in [4.78, 5) is 15.3. The number of fused-ring (bicyclic) bond motifs is 1. The van der Waals surface area contributed by atoms with Crippen LogP contribution in [0.2, 0.25) is 0 Å². The molecule has 0 aliphatic carbocycles. The maximum atomic E-state index is 12.1. The highest BCUT2D eigenvalue weighted by Gasteiger charge is 2.13. The molecule has 21 heavy (non-hydrogen) atoms. The van der Waals surface area contributed by atoms with Crippen LogP contribution in [0.15, 0.2) is 40.9 Å². The standard InChI is InChI=1S/C17H18N2O2/c1-11-9-15(12(2)21-11)17(20)18-8-7-13-10-19-16-6-4-3-5-14(13)16/h3-6,9-10,19H,7-8H2,1-2H3,(H,18,20). The molecule has 0 radical (unpaired) electrons. The zero-order chi connectivity index (χ0) is 14.8. The van der Waals surface area contributed by atoms with Gasteiger partial charge in [0.15, 0.2) is 0 Å². The van der Waals surface area contributed by atoms with Gasteiger partial charge in [-0.2, -0.15) is 0 Å². The van der Waals surface area contributed by atoms with Gasteiger partial charge < -0.3 is 14.7 Å². The minimum absolute atomic E-state index is 0.0795. The summed E-state index contributed by atoms with van der Waals surface area (Å²) in [6.45, 7) is 4.25. The maximum Gasteiger partial charge on any atom is 0.254 e. The summed E-state index contributed by atoms with van der Waals surface area (Å²) in [5.41, 5.74) is 2.96. The van der Waals surface area contributed by atoms with Gasteiger partial charge in [-0.05, 0) is 38.0 Å². The van der Waals surface area contributed by atoms with Crippen molar-refractivity contribution in [2.24, 2.45) is 0 Å². The van der Waals surface area contributed by atoms with Crippen LogP contribution in [0, 0.1) is 13.8 Å². The lowest BCUT2D eigenvalue weighted by Crippen LogP contribution is -2.25. The molecule has 0 spiro atoms. The average Bonchev–Trinajstić information content (AvgIpc) is 3.02. The van der Waals surface area contributed by atoms with E-state index in [9.17, 15) is 4.79 Å². The van der Waals surface area contributed by atoms with E-state index in [1.165, 1.54) is 10.9 Å². The number of para-hydroxylation sites is 1. The summed E-state index contributed by atoms with van der Waals surface area (Å²) >= 11 is 0. The fourth-order valence-corrected chi connectivity index (χ4v) is 2.60. The molecule has 0 fully saturated rings. The van der Waals surface area contributed by atoms with Gasteiger partial charge in [0.25, 0.3) is 5.91 Å². The minimum atomic E-state index is -0.0795. The molecule has 2 N–H and O–H groups in total. The monoisotopic (exact) mass is 282 g/mol. The molecule has 3 aromatic rings. The first kappa shape index (κ1) is 13.5. The van der Waals surface area contributed by atoms with E-state index in [-0.39, 0.29) is 5.91 Å². The number of hydrogen-bond donors (Lipinski definition) is 2. The molecule has 108 valence electrons. The van der Waals surface area contributed by atoms with Crippen LogP contribution in [-0.2, 0) is 6.42 Å². The average molecular weight is 282 g/mol. The van der Waals surface area contributed by atoms with E-state index in [1.54, 1.807) is 6.07 Å². The molecule has 0 atom stereocenters. The van der Waals surface area contributed by atoms with Gasteiger partial charge in [0, 0.05) is 23.6 Å². The van der Waals surface area contributed by atoms with E-state index < -0.39 is 0 Å². The Balaban J connectivity index is 1.64. The predicted octanol–water partition coefficient (Wildman–Crippen LogP) is 3.35. The van der Waals surface area contributed by atoms with Crippen LogP contribution in [0.4, 0.5) is 0 Å². The number of rotatable bonds is 4. The minimum Gasteiger partial charge on any atom is -0.466 e. The molecule has 1 amide bonds. The molecule has 0 saturated heterocycles. The fourth-order valence-electron chi connectivity index (χ4n) is 2.60. The Hall–Kier alpha value is -2.49. The summed E-state index contributed by atoms with van der Waals surface area (Å²) in [6.07, 6.45) is 2.80. The van der Waals surface area contributed by atoms with E-state index in [0.29, 0.717) is 17.9 Å². The van der Waals surface area contributed by atoms with Crippen LogP contribution in [0.25, 0.3) is 10.9 Å². The molecular weight excluding hydrogens is 264 g/mol. The number of aromatic nitrogens is 1. The van der Waals surface area contributed by atoms with Gasteiger partial charge in [0.05, 0.1) is 5.56 Å². The third-order valence-corrected chi connectivity index (χ3v) is 3.64. The molecule has 2 aromatic heterocycles. The number of aromatic amines is 1. The number of carbonyl (C=O) groups excluding carboxylic acids is 1. The van der Waals surface area contributed by atoms with Crippen LogP contribution in [0.1, 0.15) is 27.4 Å². The summed E-state index contributed by atoms with van der Waals surface area (Å²) < 4.78 is 5.38. The maximum absolute atomic E-state index is 12.1. The number of aryl methyl sites for hydroxylation is 2. The molecule has 0 unspecified atom stereocenters. The molecule has 0 saturated carbocycles. The molecule has 0 aliphatic rings. The number of benzene rings is 1. The molecule has 2 heterocycles. The van der Waals surface area contributed by atoms with Crippen LogP contribution >= 0.6 is 0 Å². The lowest BCUT2D eigenvalue weighted by molar-refractivity contribution is 0.0952. The quantitative estimate of drug-likeness (QED) is 0.771. The van der Waals surface area contributed by atoms with Crippen LogP contribution in [-0.4, -0.2) is 17.4 Å². The zero-order valence-corrected chi connectivity index (χ0v) is 12.2. The number of amides is 1. The fraction of sp³-hybridized carbons (Fsp3) is 0.235. The zero-order valence-electron chi connectivity index (χ0n) is 12.2. The van der Waals surface area contributed by atoms with Crippen molar-refractivity contribution in [3.05, 3.63) is 59.2 Å². The predicted molar refractivity (Wildman–Crippen MR) is 82.5 cm³/mol. The second kappa shape index (κ2) is 5.48. The lowest BCUT2D eigenvalue weighted by Gasteiger charge is -2.03. The van der Waals surface area contributed by atoms with Crippen molar-refractivity contribution in [3.63, 3.8) is 0 Å². The van der Waals surface area contributed by atoms with Crippen molar-refractivity contribution in [2.45, 2.75) is 20.3 Å². The second-order valence-corrected chi connectivity index (χ2v) is 5.19. The van der Waals surface area contributed by atoms with Gasteiger partial charge in [0.1, 0.15) is 11.5 Å². The van der Waals surface area contributed by atoms with Crippen molar-refractivity contribution in [1.82, 2.24) is 10.3 Å². The summed E-state index contributed by atoms with van der Waals surface area (Å²) in [5, 5.41) is 4.15. The van der Waals surface area contributed by atoms with E-state index >= 15 is 0 Å². The Bertz CT molecular complexity index is 783. The summed E-state index contributed by atoms with van der Waals surface area (Å²) in [7, 11) is 0. The van der Waals surface area contributed by atoms with Gasteiger partial charge in [-0.1, -0.05) is 18.2 Å². The highest BCUT2D eigenvalue weighted by Crippen LogP contribution is 2.18. The van der Waals surface area contributed by atoms with Gasteiger partial charge in [-0.25, -0.2) is 0 Å². The van der Waals surface area contributed by atoms with Crippen molar-refractivity contribution in [2.75, 3.05) is 6.54 Å². The van der Waals surface area contributed by atoms with Crippen molar-refractivity contribution >= 4 is 16.8 Å². The number of H-pyrrole nitrogens is 1. The summed E-state index contributed by atoms with van der Waals surface area (Å²) in [5.74, 6) is 1.34. The van der Waals surface area contributed by atoms with E-state index in [0.717, 1.165) is 17.7 Å². The molecule has 0 aliphatic heterocycles. The normalized spacial score (nSPS) is 11.0. The second-order valence-electron chi connectivity index (χ2n) is 5.19. The number of carbonyl (C=O) groups is 1. The van der Waals surface area contributed by atoms with Crippen molar-refractivity contribution in [3.8, 4) is 0 Å². The van der Waals surface area contributed by atoms with Gasteiger partial charge in [-0.15, -0.1) is 0 Å². The third-order valence-electron chi connectivity index (χ3n) is 3.64. The smallest absolute Gasteiger partial charge is 0.254 e. The van der Waals surface area contributed by atoms with Crippen molar-refractivity contribution in [1.29, 1.82) is 0 Å². The largest absolute Gasteiger partial charge is 0.466 e. The van der Waals surface area contributed by atoms with Crippen molar-refractivity contribution < 1.29 is 9.21 Å². The molecule has 3 rings (SSSR count). The Labute approximate surface area is 123 Å². The van der Waals surface area contributed by atoms with E-state index in [2.05, 4.69) is 22.4 Å². The molecular formula is C17H18N2O2. The Morgan fingerprint density at radius 1 is 1.29 bits per heavy atom. The lowest BCUT2D eigenvalue weighted by atomic mass is 10.1. The van der Waals surface area contributed by atoms with E-state index in [4.69, 9.17) is 4.42 Å². The SMILES string of the molecule is Cc1cc(C(=O)NCCc2c[nH]c3ccccc23)c(C)o1. The van der Waals surface area contributed by atoms with Crippen LogP contribution < -0.4 is 5.32 Å². The summed E-state index contributed by atoms with van der Waals surface area (Å²) in [6, 6.07) is 9.95. The van der Waals surface area contributed by atoms with Crippen LogP contribution in [0.5, 0.6) is 0 Å². The number of hydrogen-bond acceptors (Lipinski definition) is 2. The first-order valence-corrected chi connectivity index (χ1v) is 7.05. The first-order chi connectivity index (χ1) is 10.1. The highest BCUT2D eigenvalue weighted by molar-refractivity contribution is 5.95. The molecule has 0 bridgehead atoms. The topological polar surface area (TPSA) is 58.0 Å².